The Hall–Kier alpha value is -3.27. The molecule has 0 radical (unpaired) electrons. The second kappa shape index (κ2) is 9.70. The molecule has 0 bridgehead atoms. The molecular formula is C23H25N3O6S. The van der Waals surface area contributed by atoms with Crippen molar-refractivity contribution in [3.8, 4) is 5.75 Å². The number of esters is 1. The van der Waals surface area contributed by atoms with Crippen LogP contribution >= 0.6 is 11.3 Å². The van der Waals surface area contributed by atoms with E-state index in [1.54, 1.807) is 29.6 Å². The smallest absolute Gasteiger partial charge is 0.326 e. The molecule has 2 aromatic rings. The Kier molecular flexibility index (Phi) is 6.73. The van der Waals surface area contributed by atoms with Gasteiger partial charge in [0.2, 0.25) is 17.7 Å². The summed E-state index contributed by atoms with van der Waals surface area (Å²) in [6, 6.07) is 7.10. The van der Waals surface area contributed by atoms with Crippen LogP contribution in [0.15, 0.2) is 29.6 Å². The first-order chi connectivity index (χ1) is 15.9. The number of aromatic nitrogens is 1. The number of fused-ring (bicyclic) bond motifs is 1. The highest BCUT2D eigenvalue weighted by molar-refractivity contribution is 7.14. The standard InChI is InChI=1S/C23H25N3O6S/c1-14(27)26(18-9-5-6-10-19(18)31-2)23-24-15(13-33-23)12-32-20(28)11-25-21(29)16-7-3-4-8-17(16)22(25)30/h5-6,9-10,13,16-17H,3-4,7-8,11-12H2,1-2H3. The number of hydrogen-bond acceptors (Lipinski definition) is 8. The van der Waals surface area contributed by atoms with E-state index in [1.807, 2.05) is 0 Å². The maximum Gasteiger partial charge on any atom is 0.326 e. The number of rotatable bonds is 7. The number of imide groups is 1. The van der Waals surface area contributed by atoms with Crippen molar-refractivity contribution in [3.05, 3.63) is 35.3 Å². The molecular weight excluding hydrogens is 446 g/mol. The minimum absolute atomic E-state index is 0.129. The summed E-state index contributed by atoms with van der Waals surface area (Å²) in [6.45, 7) is 0.910. The topological polar surface area (TPSA) is 106 Å². The number of nitrogens with zero attached hydrogens (tertiary/aromatic N) is 3. The average Bonchev–Trinajstić information content (AvgIpc) is 3.37. The predicted octanol–water partition coefficient (Wildman–Crippen LogP) is 3.05. The van der Waals surface area contributed by atoms with Crippen molar-refractivity contribution in [1.29, 1.82) is 0 Å². The summed E-state index contributed by atoms with van der Waals surface area (Å²) in [5.41, 5.74) is 1.01. The number of ether oxygens (including phenoxy) is 2. The number of thiazole rings is 1. The van der Waals surface area contributed by atoms with Crippen LogP contribution < -0.4 is 9.64 Å². The number of hydrogen-bond donors (Lipinski definition) is 0. The van der Waals surface area contributed by atoms with Crippen LogP contribution in [0, 0.1) is 11.8 Å². The summed E-state index contributed by atoms with van der Waals surface area (Å²) in [7, 11) is 1.52. The van der Waals surface area contributed by atoms with Gasteiger partial charge in [-0.1, -0.05) is 25.0 Å². The number of carbonyl (C=O) groups is 4. The zero-order chi connectivity index (χ0) is 23.5. The van der Waals surface area contributed by atoms with Crippen molar-refractivity contribution in [2.45, 2.75) is 39.2 Å². The molecule has 9 nitrogen and oxygen atoms in total. The number of benzene rings is 1. The van der Waals surface area contributed by atoms with Gasteiger partial charge in [0, 0.05) is 12.3 Å². The minimum atomic E-state index is -0.668. The summed E-state index contributed by atoms with van der Waals surface area (Å²) in [5.74, 6) is -1.53. The molecule has 1 saturated heterocycles. The Balaban J connectivity index is 1.39. The van der Waals surface area contributed by atoms with Gasteiger partial charge in [-0.15, -0.1) is 11.3 Å². The molecule has 2 fully saturated rings. The molecule has 1 saturated carbocycles. The van der Waals surface area contributed by atoms with Crippen LogP contribution in [0.5, 0.6) is 5.75 Å². The fourth-order valence-corrected chi connectivity index (χ4v) is 5.27. The van der Waals surface area contributed by atoms with Gasteiger partial charge in [-0.25, -0.2) is 4.98 Å². The number of methoxy groups -OCH3 is 1. The molecule has 33 heavy (non-hydrogen) atoms. The summed E-state index contributed by atoms with van der Waals surface area (Å²) < 4.78 is 10.6. The van der Waals surface area contributed by atoms with Gasteiger partial charge >= 0.3 is 5.97 Å². The summed E-state index contributed by atoms with van der Waals surface area (Å²) in [6.07, 6.45) is 3.25. The number of carbonyl (C=O) groups excluding carboxylic acids is 4. The molecule has 0 N–H and O–H groups in total. The van der Waals surface area contributed by atoms with E-state index in [4.69, 9.17) is 9.47 Å². The van der Waals surface area contributed by atoms with Crippen molar-refractivity contribution < 1.29 is 28.7 Å². The summed E-state index contributed by atoms with van der Waals surface area (Å²) in [5, 5.41) is 2.10. The molecule has 4 rings (SSSR count). The lowest BCUT2D eigenvalue weighted by molar-refractivity contribution is -0.153. The molecule has 2 atom stereocenters. The van der Waals surface area contributed by atoms with Crippen LogP contribution in [-0.4, -0.2) is 47.2 Å². The molecule has 174 valence electrons. The van der Waals surface area contributed by atoms with E-state index in [0.29, 0.717) is 35.1 Å². The second-order valence-corrected chi connectivity index (χ2v) is 8.90. The Morgan fingerprint density at radius 3 is 2.45 bits per heavy atom. The van der Waals surface area contributed by atoms with Crippen LogP contribution in [0.1, 0.15) is 38.3 Å². The monoisotopic (exact) mass is 471 g/mol. The van der Waals surface area contributed by atoms with Crippen molar-refractivity contribution in [3.63, 3.8) is 0 Å². The predicted molar refractivity (Wildman–Crippen MR) is 120 cm³/mol. The third kappa shape index (κ3) is 4.61. The lowest BCUT2D eigenvalue weighted by Gasteiger charge is -2.20. The fraction of sp³-hybridized carbons (Fsp3) is 0.435. The van der Waals surface area contributed by atoms with Crippen LogP contribution in [-0.2, 0) is 30.5 Å². The van der Waals surface area contributed by atoms with E-state index in [1.165, 1.54) is 30.3 Å². The van der Waals surface area contributed by atoms with Crippen molar-refractivity contribution in [2.24, 2.45) is 11.8 Å². The Bertz CT molecular complexity index is 1060. The normalized spacial score (nSPS) is 19.9. The molecule has 3 amide bonds. The largest absolute Gasteiger partial charge is 0.495 e. The van der Waals surface area contributed by atoms with E-state index < -0.39 is 5.97 Å². The second-order valence-electron chi connectivity index (χ2n) is 8.07. The van der Waals surface area contributed by atoms with Crippen molar-refractivity contribution in [2.75, 3.05) is 18.6 Å². The quantitative estimate of drug-likeness (QED) is 0.451. The Morgan fingerprint density at radius 1 is 1.15 bits per heavy atom. The Labute approximate surface area is 195 Å². The number of likely N-dealkylation sites (tertiary alicyclic amines) is 1. The number of anilines is 2. The van der Waals surface area contributed by atoms with Gasteiger partial charge in [-0.05, 0) is 25.0 Å². The summed E-state index contributed by atoms with van der Waals surface area (Å²) >= 11 is 1.23. The molecule has 1 aromatic heterocycles. The van der Waals surface area contributed by atoms with Crippen molar-refractivity contribution >= 4 is 45.8 Å². The zero-order valence-corrected chi connectivity index (χ0v) is 19.3. The molecule has 10 heteroatoms. The van der Waals surface area contributed by atoms with Crippen LogP contribution in [0.25, 0.3) is 0 Å². The van der Waals surface area contributed by atoms with Gasteiger partial charge in [-0.3, -0.25) is 29.0 Å². The molecule has 2 aliphatic rings. The zero-order valence-electron chi connectivity index (χ0n) is 18.5. The van der Waals surface area contributed by atoms with E-state index >= 15 is 0 Å². The first kappa shape index (κ1) is 22.9. The molecule has 0 spiro atoms. The Morgan fingerprint density at radius 2 is 1.82 bits per heavy atom. The van der Waals surface area contributed by atoms with Gasteiger partial charge in [0.1, 0.15) is 18.9 Å². The highest BCUT2D eigenvalue weighted by Crippen LogP contribution is 2.38. The van der Waals surface area contributed by atoms with Crippen molar-refractivity contribution in [1.82, 2.24) is 9.88 Å². The summed E-state index contributed by atoms with van der Waals surface area (Å²) in [4.78, 5) is 56.6. The lowest BCUT2D eigenvalue weighted by atomic mass is 9.81. The highest BCUT2D eigenvalue weighted by atomic mass is 32.1. The van der Waals surface area contributed by atoms with E-state index in [-0.39, 0.29) is 42.7 Å². The lowest BCUT2D eigenvalue weighted by Crippen LogP contribution is -2.36. The number of amides is 3. The maximum absolute atomic E-state index is 12.5. The third-order valence-electron chi connectivity index (χ3n) is 5.97. The SMILES string of the molecule is COc1ccccc1N(C(C)=O)c1nc(COC(=O)CN2C(=O)C3CCCCC3C2=O)cs1. The van der Waals surface area contributed by atoms with E-state index in [2.05, 4.69) is 4.98 Å². The molecule has 2 unspecified atom stereocenters. The first-order valence-corrected chi connectivity index (χ1v) is 11.7. The molecule has 1 aliphatic heterocycles. The molecule has 1 aliphatic carbocycles. The van der Waals surface area contributed by atoms with Gasteiger partial charge in [0.15, 0.2) is 5.13 Å². The van der Waals surface area contributed by atoms with Gasteiger partial charge in [-0.2, -0.15) is 0 Å². The van der Waals surface area contributed by atoms with Crippen LogP contribution in [0.2, 0.25) is 0 Å². The maximum atomic E-state index is 12.5. The molecule has 1 aromatic carbocycles. The van der Waals surface area contributed by atoms with E-state index in [9.17, 15) is 19.2 Å². The highest BCUT2D eigenvalue weighted by Gasteiger charge is 2.48. The first-order valence-electron chi connectivity index (χ1n) is 10.8. The van der Waals surface area contributed by atoms with Gasteiger partial charge < -0.3 is 9.47 Å². The number of para-hydroxylation sites is 2. The van der Waals surface area contributed by atoms with Gasteiger partial charge in [0.25, 0.3) is 0 Å². The third-order valence-corrected chi connectivity index (χ3v) is 6.85. The average molecular weight is 472 g/mol. The molecule has 2 heterocycles. The fourth-order valence-electron chi connectivity index (χ4n) is 4.40. The van der Waals surface area contributed by atoms with Gasteiger partial charge in [0.05, 0.1) is 30.3 Å². The van der Waals surface area contributed by atoms with Crippen LogP contribution in [0.4, 0.5) is 10.8 Å². The minimum Gasteiger partial charge on any atom is -0.495 e. The van der Waals surface area contributed by atoms with Crippen LogP contribution in [0.3, 0.4) is 0 Å². The van der Waals surface area contributed by atoms with E-state index in [0.717, 1.165) is 17.7 Å².